The van der Waals surface area contributed by atoms with Crippen molar-refractivity contribution in [3.05, 3.63) is 0 Å². The average Bonchev–Trinajstić information content (AvgIpc) is 2.21. The Morgan fingerprint density at radius 2 is 1.57 bits per heavy atom. The first-order valence-corrected chi connectivity index (χ1v) is 6.28. The van der Waals surface area contributed by atoms with Crippen LogP contribution in [-0.2, 0) is 4.74 Å². The second kappa shape index (κ2) is 8.28. The summed E-state index contributed by atoms with van der Waals surface area (Å²) in [5.74, 6) is 2.68. The lowest BCUT2D eigenvalue weighted by Crippen LogP contribution is -2.22. The van der Waals surface area contributed by atoms with Gasteiger partial charge in [0.15, 0.2) is 0 Å². The Balaban J connectivity index is 0.000000791. The standard InChI is InChI=1S/C11H22O.C2H6/c1-9(2)8-10(3)11-4-6-12-7-5-11;1-2/h9-11H,4-8H2,1-3H3;1-2H3. The molecule has 0 radical (unpaired) electrons. The van der Waals surface area contributed by atoms with Crippen molar-refractivity contribution in [2.75, 3.05) is 13.2 Å². The molecule has 1 saturated heterocycles. The van der Waals surface area contributed by atoms with Crippen molar-refractivity contribution in [2.45, 2.75) is 53.9 Å². The molecule has 0 aromatic heterocycles. The molecule has 1 unspecified atom stereocenters. The van der Waals surface area contributed by atoms with Crippen LogP contribution in [0.25, 0.3) is 0 Å². The van der Waals surface area contributed by atoms with E-state index in [1.165, 1.54) is 19.3 Å². The van der Waals surface area contributed by atoms with Gasteiger partial charge in [-0.1, -0.05) is 34.6 Å². The Labute approximate surface area is 90.2 Å². The minimum Gasteiger partial charge on any atom is -0.381 e. The van der Waals surface area contributed by atoms with Crippen molar-refractivity contribution < 1.29 is 4.74 Å². The lowest BCUT2D eigenvalue weighted by Gasteiger charge is -2.28. The molecule has 14 heavy (non-hydrogen) atoms. The van der Waals surface area contributed by atoms with Crippen LogP contribution < -0.4 is 0 Å². The third kappa shape index (κ3) is 5.64. The molecule has 1 atom stereocenters. The second-order valence-electron chi connectivity index (χ2n) is 4.56. The number of rotatable bonds is 3. The zero-order valence-electron chi connectivity index (χ0n) is 10.7. The molecule has 1 heterocycles. The van der Waals surface area contributed by atoms with Crippen LogP contribution >= 0.6 is 0 Å². The van der Waals surface area contributed by atoms with Gasteiger partial charge in [-0.3, -0.25) is 0 Å². The van der Waals surface area contributed by atoms with Gasteiger partial charge in [0.2, 0.25) is 0 Å². The van der Waals surface area contributed by atoms with E-state index < -0.39 is 0 Å². The first-order chi connectivity index (χ1) is 6.70. The Kier molecular flexibility index (Phi) is 8.26. The largest absolute Gasteiger partial charge is 0.381 e. The van der Waals surface area contributed by atoms with Crippen molar-refractivity contribution in [2.24, 2.45) is 17.8 Å². The first-order valence-electron chi connectivity index (χ1n) is 6.28. The van der Waals surface area contributed by atoms with Crippen molar-refractivity contribution in [1.29, 1.82) is 0 Å². The summed E-state index contributed by atoms with van der Waals surface area (Å²) in [6.07, 6.45) is 3.95. The lowest BCUT2D eigenvalue weighted by atomic mass is 9.82. The Bertz CT molecular complexity index is 114. The first kappa shape index (κ1) is 14.0. The monoisotopic (exact) mass is 200 g/mol. The zero-order valence-corrected chi connectivity index (χ0v) is 10.7. The van der Waals surface area contributed by atoms with Crippen LogP contribution in [0.2, 0.25) is 0 Å². The van der Waals surface area contributed by atoms with Crippen LogP contribution in [0.3, 0.4) is 0 Å². The van der Waals surface area contributed by atoms with Gasteiger partial charge in [0.1, 0.15) is 0 Å². The molecule has 0 saturated carbocycles. The van der Waals surface area contributed by atoms with Gasteiger partial charge < -0.3 is 4.74 Å². The molecule has 1 nitrogen and oxygen atoms in total. The molecule has 0 N–H and O–H groups in total. The van der Waals surface area contributed by atoms with Gasteiger partial charge in [0.05, 0.1) is 0 Å². The summed E-state index contributed by atoms with van der Waals surface area (Å²) >= 11 is 0. The molecule has 1 fully saturated rings. The van der Waals surface area contributed by atoms with Crippen LogP contribution in [0.1, 0.15) is 53.9 Å². The van der Waals surface area contributed by atoms with Gasteiger partial charge in [-0.25, -0.2) is 0 Å². The molecule has 1 aliphatic heterocycles. The Morgan fingerprint density at radius 1 is 1.07 bits per heavy atom. The molecular weight excluding hydrogens is 172 g/mol. The fourth-order valence-corrected chi connectivity index (χ4v) is 2.22. The van der Waals surface area contributed by atoms with Crippen molar-refractivity contribution >= 4 is 0 Å². The summed E-state index contributed by atoms with van der Waals surface area (Å²) in [5.41, 5.74) is 0. The van der Waals surface area contributed by atoms with E-state index in [0.29, 0.717) is 0 Å². The van der Waals surface area contributed by atoms with Gasteiger partial charge in [0.25, 0.3) is 0 Å². The van der Waals surface area contributed by atoms with Crippen LogP contribution in [-0.4, -0.2) is 13.2 Å². The van der Waals surface area contributed by atoms with E-state index in [1.54, 1.807) is 0 Å². The van der Waals surface area contributed by atoms with Gasteiger partial charge in [-0.2, -0.15) is 0 Å². The van der Waals surface area contributed by atoms with Crippen molar-refractivity contribution in [3.8, 4) is 0 Å². The number of hydrogen-bond acceptors (Lipinski definition) is 1. The van der Waals surface area contributed by atoms with E-state index in [4.69, 9.17) is 4.74 Å². The molecular formula is C13H28O. The van der Waals surface area contributed by atoms with E-state index in [1.807, 2.05) is 13.8 Å². The predicted molar refractivity (Wildman–Crippen MR) is 63.5 cm³/mol. The van der Waals surface area contributed by atoms with Gasteiger partial charge >= 0.3 is 0 Å². The van der Waals surface area contributed by atoms with Crippen molar-refractivity contribution in [1.82, 2.24) is 0 Å². The highest BCUT2D eigenvalue weighted by Gasteiger charge is 2.20. The van der Waals surface area contributed by atoms with E-state index in [0.717, 1.165) is 31.0 Å². The van der Waals surface area contributed by atoms with Gasteiger partial charge in [-0.05, 0) is 37.0 Å². The summed E-state index contributed by atoms with van der Waals surface area (Å²) in [6.45, 7) is 13.0. The summed E-state index contributed by atoms with van der Waals surface area (Å²) in [7, 11) is 0. The van der Waals surface area contributed by atoms with Crippen molar-refractivity contribution in [3.63, 3.8) is 0 Å². The summed E-state index contributed by atoms with van der Waals surface area (Å²) in [5, 5.41) is 0. The maximum absolute atomic E-state index is 5.35. The molecule has 86 valence electrons. The number of hydrogen-bond donors (Lipinski definition) is 0. The molecule has 0 spiro atoms. The Hall–Kier alpha value is -0.0400. The smallest absolute Gasteiger partial charge is 0.0468 e. The lowest BCUT2D eigenvalue weighted by molar-refractivity contribution is 0.0460. The minimum atomic E-state index is 0.850. The number of ether oxygens (including phenoxy) is 1. The molecule has 1 rings (SSSR count). The Morgan fingerprint density at radius 3 is 2.00 bits per heavy atom. The van der Waals surface area contributed by atoms with Gasteiger partial charge in [0, 0.05) is 13.2 Å². The molecule has 1 aliphatic rings. The average molecular weight is 200 g/mol. The molecule has 0 aliphatic carbocycles. The SMILES string of the molecule is CC.CC(C)CC(C)C1CCOCC1. The minimum absolute atomic E-state index is 0.850. The summed E-state index contributed by atoms with van der Waals surface area (Å²) in [6, 6.07) is 0. The molecule has 0 amide bonds. The third-order valence-corrected chi connectivity index (χ3v) is 2.91. The highest BCUT2D eigenvalue weighted by molar-refractivity contribution is 4.70. The van der Waals surface area contributed by atoms with Crippen LogP contribution in [0.4, 0.5) is 0 Å². The van der Waals surface area contributed by atoms with E-state index in [2.05, 4.69) is 20.8 Å². The quantitative estimate of drug-likeness (QED) is 0.666. The molecule has 0 aromatic rings. The normalized spacial score (nSPS) is 20.1. The van der Waals surface area contributed by atoms with E-state index >= 15 is 0 Å². The van der Waals surface area contributed by atoms with Crippen LogP contribution in [0, 0.1) is 17.8 Å². The van der Waals surface area contributed by atoms with E-state index in [-0.39, 0.29) is 0 Å². The fraction of sp³-hybridized carbons (Fsp3) is 1.00. The maximum Gasteiger partial charge on any atom is 0.0468 e. The molecule has 0 aromatic carbocycles. The van der Waals surface area contributed by atoms with Gasteiger partial charge in [-0.15, -0.1) is 0 Å². The maximum atomic E-state index is 5.35. The highest BCUT2D eigenvalue weighted by Crippen LogP contribution is 2.27. The summed E-state index contributed by atoms with van der Waals surface area (Å²) in [4.78, 5) is 0. The summed E-state index contributed by atoms with van der Waals surface area (Å²) < 4.78 is 5.35. The molecule has 1 heteroatoms. The fourth-order valence-electron chi connectivity index (χ4n) is 2.22. The topological polar surface area (TPSA) is 9.23 Å². The predicted octanol–water partition coefficient (Wildman–Crippen LogP) is 4.12. The van der Waals surface area contributed by atoms with E-state index in [9.17, 15) is 0 Å². The molecule has 0 bridgehead atoms. The van der Waals surface area contributed by atoms with Crippen LogP contribution in [0.5, 0.6) is 0 Å². The zero-order chi connectivity index (χ0) is 11.0. The van der Waals surface area contributed by atoms with Crippen LogP contribution in [0.15, 0.2) is 0 Å². The second-order valence-corrected chi connectivity index (χ2v) is 4.56. The highest BCUT2D eigenvalue weighted by atomic mass is 16.5. The third-order valence-electron chi connectivity index (χ3n) is 2.91.